The highest BCUT2D eigenvalue weighted by molar-refractivity contribution is 5.93. The minimum atomic E-state index is -1.14. The van der Waals surface area contributed by atoms with Gasteiger partial charge in [0.05, 0.1) is 76.2 Å². The molecular weight excluding hydrogens is 1290 g/mol. The molecular formula is C80H109N17O6. The van der Waals surface area contributed by atoms with Gasteiger partial charge < -0.3 is 55.1 Å². The van der Waals surface area contributed by atoms with Crippen LogP contribution < -0.4 is 30.3 Å². The number of ether oxygens (including phenoxy) is 2. The summed E-state index contributed by atoms with van der Waals surface area (Å²) < 4.78 is 14.7. The van der Waals surface area contributed by atoms with Crippen molar-refractivity contribution in [2.24, 2.45) is 5.73 Å². The van der Waals surface area contributed by atoms with Gasteiger partial charge >= 0.3 is 0 Å². The summed E-state index contributed by atoms with van der Waals surface area (Å²) in [5, 5.41) is 11.9. The van der Waals surface area contributed by atoms with Crippen LogP contribution in [0.25, 0.3) is 67.3 Å². The number of rotatable bonds is 33. The summed E-state index contributed by atoms with van der Waals surface area (Å²) >= 11 is 0. The van der Waals surface area contributed by atoms with E-state index in [1.54, 1.807) is 15.8 Å². The number of hydrogen-bond donors (Lipinski definition) is 5. The maximum atomic E-state index is 14.9. The van der Waals surface area contributed by atoms with Crippen molar-refractivity contribution in [1.29, 1.82) is 0 Å². The molecule has 2 unspecified atom stereocenters. The predicted octanol–water partition coefficient (Wildman–Crippen LogP) is 11.7. The van der Waals surface area contributed by atoms with Crippen molar-refractivity contribution in [3.63, 3.8) is 0 Å². The Morgan fingerprint density at radius 2 is 1.10 bits per heavy atom. The summed E-state index contributed by atoms with van der Waals surface area (Å²) in [6, 6.07) is 31.3. The number of imidazole rings is 3. The molecule has 5 aromatic carbocycles. The highest BCUT2D eigenvalue weighted by Gasteiger charge is 2.44. The van der Waals surface area contributed by atoms with Gasteiger partial charge in [0.1, 0.15) is 29.0 Å². The van der Waals surface area contributed by atoms with E-state index in [0.717, 1.165) is 137 Å². The van der Waals surface area contributed by atoms with Gasteiger partial charge in [-0.05, 0) is 163 Å². The number of Topliss-reactive ketones (excluding diaryl/α,β-unsaturated/α-hetero) is 2. The minimum Gasteiger partial charge on any atom is -0.494 e. The number of H-pyrrole nitrogens is 3. The van der Waals surface area contributed by atoms with E-state index in [4.69, 9.17) is 30.2 Å². The van der Waals surface area contributed by atoms with Crippen LogP contribution in [0.2, 0.25) is 0 Å². The van der Waals surface area contributed by atoms with Gasteiger partial charge in [0.15, 0.2) is 11.6 Å². The lowest BCUT2D eigenvalue weighted by atomic mass is 9.78. The molecule has 0 bridgehead atoms. The first-order chi connectivity index (χ1) is 49.2. The second kappa shape index (κ2) is 32.3. The molecule has 0 radical (unpaired) electrons. The second-order valence-electron chi connectivity index (χ2n) is 30.8. The average molecular weight is 1400 g/mol. The zero-order valence-electron chi connectivity index (χ0n) is 63.1. The van der Waals surface area contributed by atoms with E-state index < -0.39 is 17.0 Å². The first kappa shape index (κ1) is 75.1. The predicted molar refractivity (Wildman–Crippen MR) is 411 cm³/mol. The van der Waals surface area contributed by atoms with Crippen LogP contribution in [-0.4, -0.2) is 205 Å². The summed E-state index contributed by atoms with van der Waals surface area (Å²) in [4.78, 5) is 94.4. The molecule has 6 heterocycles. The van der Waals surface area contributed by atoms with Crippen molar-refractivity contribution in [1.82, 2.24) is 69.8 Å². The number of anilines is 2. The maximum absolute atomic E-state index is 14.9. The summed E-state index contributed by atoms with van der Waals surface area (Å²) in [6.45, 7) is 33.2. The highest BCUT2D eigenvalue weighted by Crippen LogP contribution is 2.43. The van der Waals surface area contributed by atoms with E-state index in [-0.39, 0.29) is 54.4 Å². The number of aromatic amines is 3. The van der Waals surface area contributed by atoms with Gasteiger partial charge in [-0.1, -0.05) is 79.7 Å². The number of hydrogen-bond acceptors (Lipinski definition) is 17. The second-order valence-corrected chi connectivity index (χ2v) is 30.8. The summed E-state index contributed by atoms with van der Waals surface area (Å²) in [5.74, 6) is 3.11. The van der Waals surface area contributed by atoms with Gasteiger partial charge in [-0.25, -0.2) is 15.0 Å². The van der Waals surface area contributed by atoms with Crippen molar-refractivity contribution in [2.75, 3.05) is 116 Å². The normalized spacial score (nSPS) is 15.6. The van der Waals surface area contributed by atoms with Crippen molar-refractivity contribution in [2.45, 2.75) is 163 Å². The number of fused-ring (bicyclic) bond motifs is 3. The number of nitrogens with zero attached hydrogens (tertiary/aromatic N) is 12. The Morgan fingerprint density at radius 3 is 1.65 bits per heavy atom. The molecule has 0 aliphatic carbocycles. The van der Waals surface area contributed by atoms with E-state index in [0.29, 0.717) is 88.6 Å². The average Bonchev–Trinajstić information content (AvgIpc) is 1.76. The molecule has 9 aromatic rings. The molecule has 2 fully saturated rings. The lowest BCUT2D eigenvalue weighted by Crippen LogP contribution is -2.60. The highest BCUT2D eigenvalue weighted by atomic mass is 16.5. The van der Waals surface area contributed by atoms with Crippen LogP contribution in [0.4, 0.5) is 11.4 Å². The molecule has 0 saturated carbocycles. The molecule has 550 valence electrons. The zero-order valence-corrected chi connectivity index (χ0v) is 63.1. The van der Waals surface area contributed by atoms with Gasteiger partial charge in [-0.15, -0.1) is 5.10 Å². The van der Waals surface area contributed by atoms with Crippen LogP contribution in [0, 0.1) is 0 Å². The number of aromatic nitrogens is 9. The van der Waals surface area contributed by atoms with Crippen LogP contribution in [-0.2, 0) is 43.1 Å². The van der Waals surface area contributed by atoms with E-state index >= 15 is 0 Å². The fraction of sp³-hybridized carbons (Fsp3) is 0.512. The Kier molecular flexibility index (Phi) is 23.6. The lowest BCUT2D eigenvalue weighted by molar-refractivity contribution is -0.139. The Morgan fingerprint density at radius 1 is 0.573 bits per heavy atom. The quantitative estimate of drug-likeness (QED) is 0.0239. The number of carbonyl (C=O) groups is 4. The van der Waals surface area contributed by atoms with Gasteiger partial charge in [0.25, 0.3) is 0 Å². The van der Waals surface area contributed by atoms with E-state index in [1.165, 1.54) is 11.4 Å². The van der Waals surface area contributed by atoms with Crippen molar-refractivity contribution in [3.05, 3.63) is 114 Å². The number of benzene rings is 5. The van der Waals surface area contributed by atoms with Crippen LogP contribution in [0.3, 0.4) is 0 Å². The number of nitrogens with two attached hydrogens (primary N) is 1. The van der Waals surface area contributed by atoms with Gasteiger partial charge in [0.2, 0.25) is 11.8 Å². The SMILES string of the molecule is CCCN(CC(=O)C(C)(CC)N(CC(N)=O)Cc1cn(CCCNC(=O)CCCOc2c(C(C)(C)C)cc(-c3nc4ccc(N5CCN(C)CC5)cc4[nH]3)cc2C(C)(C)C)nn1)C(C)(CC)C(=O)CCCOc1cccc(-c2nc3ccc(-c4nc5ccc(N6CCN(C)CC6)cc5[nH]4)cc3[nH]2)c1. The number of piperazine rings is 2. The van der Waals surface area contributed by atoms with Crippen molar-refractivity contribution >= 4 is 67.9 Å². The monoisotopic (exact) mass is 1400 g/mol. The Balaban J connectivity index is 0.640. The van der Waals surface area contributed by atoms with Crippen LogP contribution >= 0.6 is 0 Å². The topological polar surface area (TPSA) is 261 Å². The molecule has 6 N–H and O–H groups in total. The molecule has 2 aliphatic rings. The van der Waals surface area contributed by atoms with Crippen molar-refractivity contribution < 1.29 is 28.7 Å². The molecule has 11 rings (SSSR count). The van der Waals surface area contributed by atoms with E-state index in [9.17, 15) is 19.2 Å². The van der Waals surface area contributed by atoms with Gasteiger partial charge in [0, 0.05) is 130 Å². The first-order valence-electron chi connectivity index (χ1n) is 37.1. The van der Waals surface area contributed by atoms with E-state index in [2.05, 4.69) is 160 Å². The Labute approximate surface area is 607 Å². The van der Waals surface area contributed by atoms with E-state index in [1.807, 2.05) is 75.9 Å². The molecule has 23 heteroatoms. The van der Waals surface area contributed by atoms with Crippen LogP contribution in [0.1, 0.15) is 144 Å². The number of likely N-dealkylation sites (N-methyl/N-ethyl adjacent to an activating group) is 2. The number of carbonyl (C=O) groups excluding carboxylic acids is 4. The third-order valence-electron chi connectivity index (χ3n) is 21.1. The number of primary amides is 1. The number of ketones is 2. The van der Waals surface area contributed by atoms with Crippen LogP contribution in [0.15, 0.2) is 97.2 Å². The minimum absolute atomic E-state index is 0.00655. The largest absolute Gasteiger partial charge is 0.494 e. The fourth-order valence-electron chi connectivity index (χ4n) is 14.1. The molecule has 2 saturated heterocycles. The molecule has 103 heavy (non-hydrogen) atoms. The molecule has 2 aliphatic heterocycles. The molecule has 0 spiro atoms. The van der Waals surface area contributed by atoms with Crippen LogP contribution in [0.5, 0.6) is 11.5 Å². The Hall–Kier alpha value is -9.03. The maximum Gasteiger partial charge on any atom is 0.231 e. The molecule has 2 amide bonds. The summed E-state index contributed by atoms with van der Waals surface area (Å²) in [6.07, 6.45) is 5.56. The third kappa shape index (κ3) is 18.0. The lowest BCUT2D eigenvalue weighted by Gasteiger charge is -2.43. The smallest absolute Gasteiger partial charge is 0.231 e. The summed E-state index contributed by atoms with van der Waals surface area (Å²) in [7, 11) is 4.34. The fourth-order valence-corrected chi connectivity index (χ4v) is 14.1. The summed E-state index contributed by atoms with van der Waals surface area (Å²) in [5.41, 5.74) is 16.9. The van der Waals surface area contributed by atoms with Crippen molar-refractivity contribution in [3.8, 4) is 45.7 Å². The van der Waals surface area contributed by atoms with Gasteiger partial charge in [-0.2, -0.15) is 0 Å². The molecule has 4 aromatic heterocycles. The third-order valence-corrected chi connectivity index (χ3v) is 21.1. The number of aryl methyl sites for hydroxylation is 1. The first-order valence-corrected chi connectivity index (χ1v) is 37.1. The molecule has 23 nitrogen and oxygen atoms in total. The van der Waals surface area contributed by atoms with Gasteiger partial charge in [-0.3, -0.25) is 33.7 Å². The number of nitrogens with one attached hydrogen (secondary N) is 4. The molecule has 2 atom stereocenters. The Bertz CT molecular complexity index is 4390. The number of amides is 2. The zero-order chi connectivity index (χ0) is 73.4. The standard InChI is InChI=1S/C80H109N17O6/c1-14-32-95(79(10,15-2)69(98)23-18-42-102-60-22-17-21-54(44-60)74-83-63-28-25-55(47-66(63)86-74)75-84-64-29-26-58(48-67(64)87-75)93-38-34-91(12)35-39-93)52-70(99)80(11,16-3)96(53-71(81)100)50-57-51-97(90-89-57)33-20-31-82-72(101)24-19-43-103-73-61(77(4,5)6)45-56(46-62(73)78(7,8)9)76-85-65-30-27-59(49-68(65)88-76)94-40-36-92(13)37-41-94/h17,21-22,25-30,44-49,51H,14-16,18-20,23-24,31-43,50,52-53H2,1-13H3,(H2,81,100)(H,82,101)(H,83,86)(H,84,87)(H,85,88).